The first kappa shape index (κ1) is 20.0. The monoisotopic (exact) mass is 433 g/mol. The molecule has 1 amide bonds. The minimum absolute atomic E-state index is 0. The van der Waals surface area contributed by atoms with Gasteiger partial charge in [-0.3, -0.25) is 9.59 Å². The molecule has 0 unspecified atom stereocenters. The summed E-state index contributed by atoms with van der Waals surface area (Å²) in [5.74, 6) is 0.209. The summed E-state index contributed by atoms with van der Waals surface area (Å²) in [6, 6.07) is 15.0. The van der Waals surface area contributed by atoms with Crippen molar-refractivity contribution in [2.45, 2.75) is 0 Å². The lowest BCUT2D eigenvalue weighted by molar-refractivity contribution is 0.0303. The molecule has 4 aromatic rings. The van der Waals surface area contributed by atoms with Crippen LogP contribution in [0.25, 0.3) is 22.2 Å². The molecule has 2 N–H and O–H groups in total. The molecule has 0 saturated carbocycles. The average molecular weight is 434 g/mol. The second-order valence-electron chi connectivity index (χ2n) is 7.74. The molecule has 1 fully saturated rings. The molecule has 5 rings (SSSR count). The van der Waals surface area contributed by atoms with Crippen molar-refractivity contribution in [2.75, 3.05) is 31.6 Å². The second-order valence-corrected chi connectivity index (χ2v) is 7.74. The van der Waals surface area contributed by atoms with Gasteiger partial charge in [-0.05, 0) is 36.4 Å². The largest absolute Gasteiger partial charge is 0.378 e. The molecule has 0 atom stereocenters. The van der Waals surface area contributed by atoms with E-state index in [9.17, 15) is 9.59 Å². The van der Waals surface area contributed by atoms with Gasteiger partial charge in [0.2, 0.25) is 0 Å². The number of amides is 1. The standard InChI is InChI=1S/C24H23N5O3.2H2/c1-28-15-21(18-3-2-4-20-19(18)9-10-25-20)27-22(24(28)31)26-17-7-5-16(6-8-17)23(30)29-11-13-32-14-12-29;;/h2-10,15,25H,11-14H2,1H3,(H,26,27);2*1H. The Balaban J connectivity index is 0.00000162. The Bertz CT molecular complexity index is 1340. The molecule has 2 aromatic heterocycles. The second kappa shape index (κ2) is 8.32. The van der Waals surface area contributed by atoms with Crippen molar-refractivity contribution < 1.29 is 12.4 Å². The fourth-order valence-corrected chi connectivity index (χ4v) is 3.91. The van der Waals surface area contributed by atoms with Gasteiger partial charge in [-0.1, -0.05) is 12.1 Å². The molecule has 1 aliphatic rings. The van der Waals surface area contributed by atoms with E-state index in [0.29, 0.717) is 43.2 Å². The zero-order chi connectivity index (χ0) is 22.1. The van der Waals surface area contributed by atoms with E-state index in [1.807, 2.05) is 30.5 Å². The van der Waals surface area contributed by atoms with Crippen molar-refractivity contribution in [1.29, 1.82) is 0 Å². The summed E-state index contributed by atoms with van der Waals surface area (Å²) in [5.41, 5.74) is 3.70. The van der Waals surface area contributed by atoms with Gasteiger partial charge in [0.1, 0.15) is 0 Å². The maximum absolute atomic E-state index is 12.7. The Morgan fingerprint density at radius 2 is 1.91 bits per heavy atom. The number of benzene rings is 2. The SMILES string of the molecule is Cn1cc(-c2cccc3[nH]ccc23)nc(Nc2ccc(C(=O)N3CCOCC3)cc2)c1=O.[HH].[HH]. The number of H-pyrrole nitrogens is 1. The van der Waals surface area contributed by atoms with Crippen LogP contribution in [-0.4, -0.2) is 51.6 Å². The minimum Gasteiger partial charge on any atom is -0.378 e. The Hall–Kier alpha value is -3.91. The maximum Gasteiger partial charge on any atom is 0.293 e. The lowest BCUT2D eigenvalue weighted by atomic mass is 10.1. The van der Waals surface area contributed by atoms with Crippen molar-refractivity contribution in [2.24, 2.45) is 7.05 Å². The van der Waals surface area contributed by atoms with Crippen molar-refractivity contribution in [3.05, 3.63) is 76.8 Å². The Morgan fingerprint density at radius 3 is 2.69 bits per heavy atom. The third-order valence-corrected chi connectivity index (χ3v) is 5.63. The fraction of sp³-hybridized carbons (Fsp3) is 0.208. The highest BCUT2D eigenvalue weighted by atomic mass is 16.5. The molecule has 166 valence electrons. The number of nitrogens with one attached hydrogen (secondary N) is 2. The van der Waals surface area contributed by atoms with Gasteiger partial charge in [0.05, 0.1) is 18.9 Å². The van der Waals surface area contributed by atoms with E-state index in [1.54, 1.807) is 42.4 Å². The summed E-state index contributed by atoms with van der Waals surface area (Å²) >= 11 is 0. The molecule has 0 bridgehead atoms. The van der Waals surface area contributed by atoms with Crippen LogP contribution in [0.5, 0.6) is 0 Å². The van der Waals surface area contributed by atoms with Gasteiger partial charge in [-0.25, -0.2) is 4.98 Å². The maximum atomic E-state index is 12.7. The third kappa shape index (κ3) is 3.76. The first-order valence-corrected chi connectivity index (χ1v) is 10.5. The van der Waals surface area contributed by atoms with Crippen molar-refractivity contribution >= 4 is 28.3 Å². The highest BCUT2D eigenvalue weighted by molar-refractivity contribution is 5.95. The summed E-state index contributed by atoms with van der Waals surface area (Å²) in [7, 11) is 1.71. The van der Waals surface area contributed by atoms with Crippen LogP contribution in [0.1, 0.15) is 13.2 Å². The minimum atomic E-state index is -0.233. The Morgan fingerprint density at radius 1 is 1.12 bits per heavy atom. The highest BCUT2D eigenvalue weighted by Gasteiger charge is 2.18. The predicted octanol–water partition coefficient (Wildman–Crippen LogP) is 3.64. The number of nitrogens with zero attached hydrogens (tertiary/aromatic N) is 3. The number of hydrogen-bond donors (Lipinski definition) is 2. The number of carbonyl (C=O) groups is 1. The number of carbonyl (C=O) groups excluding carboxylic acids is 1. The molecule has 0 radical (unpaired) electrons. The normalized spacial score (nSPS) is 14.0. The Labute approximate surface area is 187 Å². The van der Waals surface area contributed by atoms with Crippen molar-refractivity contribution in [3.8, 4) is 11.3 Å². The van der Waals surface area contributed by atoms with Gasteiger partial charge in [-0.15, -0.1) is 0 Å². The number of hydrogen-bond acceptors (Lipinski definition) is 5. The van der Waals surface area contributed by atoms with E-state index < -0.39 is 0 Å². The Kier molecular flexibility index (Phi) is 5.20. The number of morpholine rings is 1. The van der Waals surface area contributed by atoms with Crippen molar-refractivity contribution in [3.63, 3.8) is 0 Å². The van der Waals surface area contributed by atoms with Crippen LogP contribution >= 0.6 is 0 Å². The van der Waals surface area contributed by atoms with E-state index in [-0.39, 0.29) is 20.1 Å². The number of aromatic nitrogens is 3. The summed E-state index contributed by atoms with van der Waals surface area (Å²) in [5, 5.41) is 4.15. The number of fused-ring (bicyclic) bond motifs is 1. The molecule has 0 aliphatic carbocycles. The van der Waals surface area contributed by atoms with Gasteiger partial charge in [0.15, 0.2) is 5.82 Å². The number of ether oxygens (including phenoxy) is 1. The van der Waals surface area contributed by atoms with Gasteiger partial charge < -0.3 is 24.5 Å². The van der Waals surface area contributed by atoms with Crippen LogP contribution in [0.4, 0.5) is 11.5 Å². The predicted molar refractivity (Wildman–Crippen MR) is 127 cm³/mol. The third-order valence-electron chi connectivity index (χ3n) is 5.63. The first-order valence-electron chi connectivity index (χ1n) is 10.5. The molecular weight excluding hydrogens is 406 g/mol. The summed E-state index contributed by atoms with van der Waals surface area (Å²) in [4.78, 5) is 34.9. The van der Waals surface area contributed by atoms with Crippen LogP contribution in [0.2, 0.25) is 0 Å². The first-order chi connectivity index (χ1) is 15.6. The summed E-state index contributed by atoms with van der Waals surface area (Å²) < 4.78 is 6.83. The number of aromatic amines is 1. The quantitative estimate of drug-likeness (QED) is 0.513. The zero-order valence-corrected chi connectivity index (χ0v) is 17.7. The van der Waals surface area contributed by atoms with Crippen molar-refractivity contribution in [1.82, 2.24) is 19.4 Å². The van der Waals surface area contributed by atoms with Crippen LogP contribution in [0.15, 0.2) is 65.7 Å². The molecule has 2 aromatic carbocycles. The molecule has 1 aliphatic heterocycles. The van der Waals surface area contributed by atoms with E-state index in [4.69, 9.17) is 4.74 Å². The van der Waals surface area contributed by atoms with Gasteiger partial charge >= 0.3 is 0 Å². The average Bonchev–Trinajstić information content (AvgIpc) is 3.31. The molecule has 1 saturated heterocycles. The number of rotatable bonds is 4. The molecule has 32 heavy (non-hydrogen) atoms. The van der Waals surface area contributed by atoms with Crippen LogP contribution in [0.3, 0.4) is 0 Å². The smallest absolute Gasteiger partial charge is 0.293 e. The number of anilines is 2. The van der Waals surface area contributed by atoms with Crippen LogP contribution in [0, 0.1) is 0 Å². The van der Waals surface area contributed by atoms with Gasteiger partial charge in [0, 0.05) is 63.1 Å². The summed E-state index contributed by atoms with van der Waals surface area (Å²) in [6.07, 6.45) is 3.62. The van der Waals surface area contributed by atoms with E-state index in [1.165, 1.54) is 4.57 Å². The van der Waals surface area contributed by atoms with E-state index in [2.05, 4.69) is 15.3 Å². The summed E-state index contributed by atoms with van der Waals surface area (Å²) in [6.45, 7) is 2.32. The van der Waals surface area contributed by atoms with E-state index in [0.717, 1.165) is 16.5 Å². The lowest BCUT2D eigenvalue weighted by Crippen LogP contribution is -2.40. The molecular formula is C24H27N5O3. The number of aryl methyl sites for hydroxylation is 1. The van der Waals surface area contributed by atoms with Gasteiger partial charge in [0.25, 0.3) is 11.5 Å². The highest BCUT2D eigenvalue weighted by Crippen LogP contribution is 2.27. The van der Waals surface area contributed by atoms with Crippen LogP contribution in [-0.2, 0) is 11.8 Å². The molecule has 3 heterocycles. The lowest BCUT2D eigenvalue weighted by Gasteiger charge is -2.26. The molecule has 8 nitrogen and oxygen atoms in total. The van der Waals surface area contributed by atoms with Gasteiger partial charge in [-0.2, -0.15) is 0 Å². The van der Waals surface area contributed by atoms with Crippen LogP contribution < -0.4 is 10.9 Å². The molecule has 8 heteroatoms. The fourth-order valence-electron chi connectivity index (χ4n) is 3.91. The molecule has 0 spiro atoms. The topological polar surface area (TPSA) is 92.2 Å². The van der Waals surface area contributed by atoms with E-state index >= 15 is 0 Å². The zero-order valence-electron chi connectivity index (χ0n) is 17.7.